The number of carbonyl (C=O) groups is 1. The van der Waals surface area contributed by atoms with Crippen LogP contribution in [0.3, 0.4) is 0 Å². The summed E-state index contributed by atoms with van der Waals surface area (Å²) in [4.78, 5) is 22.7. The van der Waals surface area contributed by atoms with E-state index < -0.39 is 10.0 Å². The number of anilines is 1. The van der Waals surface area contributed by atoms with E-state index in [0.29, 0.717) is 41.9 Å². The third-order valence-electron chi connectivity index (χ3n) is 6.95. The van der Waals surface area contributed by atoms with Gasteiger partial charge >= 0.3 is 0 Å². The summed E-state index contributed by atoms with van der Waals surface area (Å²) < 4.78 is 28.9. The van der Waals surface area contributed by atoms with Crippen LogP contribution in [0.5, 0.6) is 0 Å². The number of likely N-dealkylation sites (N-methyl/N-ethyl adjacent to an activating group) is 1. The van der Waals surface area contributed by atoms with Gasteiger partial charge in [-0.15, -0.1) is 0 Å². The Hall–Kier alpha value is -2.04. The van der Waals surface area contributed by atoms with Gasteiger partial charge in [0, 0.05) is 36.8 Å². The van der Waals surface area contributed by atoms with E-state index in [1.54, 1.807) is 33.5 Å². The number of nitrogens with zero attached hydrogens (tertiary/aromatic N) is 4. The van der Waals surface area contributed by atoms with Crippen LogP contribution in [-0.2, 0) is 10.0 Å². The molecule has 0 aliphatic carbocycles. The molecule has 37 heavy (non-hydrogen) atoms. The number of hydrogen-bond donors (Lipinski definition) is 0. The van der Waals surface area contributed by atoms with Gasteiger partial charge in [0.05, 0.1) is 15.1 Å². The number of rotatable bonds is 9. The summed E-state index contributed by atoms with van der Waals surface area (Å²) in [6, 6.07) is 10.1. The summed E-state index contributed by atoms with van der Waals surface area (Å²) in [5.41, 5.74) is 2.23. The molecule has 0 radical (unpaired) electrons. The number of aromatic nitrogens is 1. The fourth-order valence-corrected chi connectivity index (χ4v) is 7.64. The third-order valence-corrected chi connectivity index (χ3v) is 10.1. The maximum atomic E-state index is 13.8. The van der Waals surface area contributed by atoms with E-state index in [9.17, 15) is 13.2 Å². The fourth-order valence-electron chi connectivity index (χ4n) is 4.68. The molecule has 2 aromatic carbocycles. The number of amides is 1. The highest BCUT2D eigenvalue weighted by Gasteiger charge is 2.27. The third kappa shape index (κ3) is 6.34. The first kappa shape index (κ1) is 28.0. The second-order valence-electron chi connectivity index (χ2n) is 9.39. The maximum Gasteiger partial charge on any atom is 0.260 e. The molecular weight excluding hydrogens is 528 g/mol. The van der Waals surface area contributed by atoms with Crippen molar-refractivity contribution in [2.75, 3.05) is 44.2 Å². The van der Waals surface area contributed by atoms with E-state index in [0.717, 1.165) is 54.6 Å². The van der Waals surface area contributed by atoms with Crippen LogP contribution in [0.1, 0.15) is 55.5 Å². The van der Waals surface area contributed by atoms with Crippen LogP contribution in [0.4, 0.5) is 5.13 Å². The summed E-state index contributed by atoms with van der Waals surface area (Å²) in [6.45, 7) is 10.2. The van der Waals surface area contributed by atoms with Crippen LogP contribution in [0.2, 0.25) is 5.02 Å². The highest BCUT2D eigenvalue weighted by atomic mass is 35.5. The van der Waals surface area contributed by atoms with Gasteiger partial charge < -0.3 is 4.90 Å². The zero-order valence-corrected chi connectivity index (χ0v) is 24.1. The summed E-state index contributed by atoms with van der Waals surface area (Å²) in [5, 5.41) is 1.25. The quantitative estimate of drug-likeness (QED) is 0.329. The highest BCUT2D eigenvalue weighted by Crippen LogP contribution is 2.34. The van der Waals surface area contributed by atoms with Gasteiger partial charge in [0.2, 0.25) is 10.0 Å². The average molecular weight is 563 g/mol. The molecule has 10 heteroatoms. The minimum Gasteiger partial charge on any atom is -0.302 e. The van der Waals surface area contributed by atoms with E-state index >= 15 is 0 Å². The Morgan fingerprint density at radius 3 is 2.30 bits per heavy atom. The molecule has 2 heterocycles. The number of aryl methyl sites for hydroxylation is 1. The van der Waals surface area contributed by atoms with Gasteiger partial charge in [-0.2, -0.15) is 4.31 Å². The van der Waals surface area contributed by atoms with Crippen molar-refractivity contribution < 1.29 is 13.2 Å². The molecule has 1 fully saturated rings. The molecule has 4 rings (SSSR count). The van der Waals surface area contributed by atoms with Gasteiger partial charge in [-0.05, 0) is 74.8 Å². The van der Waals surface area contributed by atoms with Crippen LogP contribution in [-0.4, -0.2) is 67.8 Å². The van der Waals surface area contributed by atoms with Crippen molar-refractivity contribution >= 4 is 54.2 Å². The zero-order valence-electron chi connectivity index (χ0n) is 21.7. The highest BCUT2D eigenvalue weighted by molar-refractivity contribution is 7.89. The lowest BCUT2D eigenvalue weighted by atomic mass is 10.2. The largest absolute Gasteiger partial charge is 0.302 e. The minimum absolute atomic E-state index is 0.200. The molecule has 0 saturated carbocycles. The summed E-state index contributed by atoms with van der Waals surface area (Å²) >= 11 is 7.71. The Morgan fingerprint density at radius 2 is 1.68 bits per heavy atom. The molecule has 0 spiro atoms. The van der Waals surface area contributed by atoms with Crippen LogP contribution in [0, 0.1) is 6.92 Å². The Morgan fingerprint density at radius 1 is 1.03 bits per heavy atom. The fraction of sp³-hybridized carbons (Fsp3) is 0.481. The van der Waals surface area contributed by atoms with E-state index in [4.69, 9.17) is 16.6 Å². The number of halogens is 1. The van der Waals surface area contributed by atoms with Gasteiger partial charge in [0.15, 0.2) is 5.13 Å². The molecule has 200 valence electrons. The first-order chi connectivity index (χ1) is 17.7. The molecule has 7 nitrogen and oxygen atoms in total. The lowest BCUT2D eigenvalue weighted by Crippen LogP contribution is -2.39. The summed E-state index contributed by atoms with van der Waals surface area (Å²) in [7, 11) is -3.58. The van der Waals surface area contributed by atoms with Gasteiger partial charge in [0.25, 0.3) is 5.91 Å². The van der Waals surface area contributed by atoms with Crippen molar-refractivity contribution in [3.05, 3.63) is 52.5 Å². The summed E-state index contributed by atoms with van der Waals surface area (Å²) in [6.07, 6.45) is 3.87. The standard InChI is InChI=1S/C27H35ClN4O3S2/c1-4-30(5-2)16-17-32(27-29-25-20(3)18-22(28)19-24(25)36-27)26(33)21-10-12-23(13-11-21)37(34,35)31-14-8-6-7-9-15-31/h10-13,18-19H,4-9,14-17H2,1-3H3. The van der Waals surface area contributed by atoms with E-state index in [2.05, 4.69) is 18.7 Å². The van der Waals surface area contributed by atoms with Crippen LogP contribution < -0.4 is 4.90 Å². The second-order valence-corrected chi connectivity index (χ2v) is 12.8. The molecule has 0 bridgehead atoms. The van der Waals surface area contributed by atoms with Gasteiger partial charge in [0.1, 0.15) is 0 Å². The number of benzene rings is 2. The first-order valence-electron chi connectivity index (χ1n) is 13.0. The smallest absolute Gasteiger partial charge is 0.260 e. The van der Waals surface area contributed by atoms with Gasteiger partial charge in [-0.3, -0.25) is 9.69 Å². The topological polar surface area (TPSA) is 73.8 Å². The number of carbonyl (C=O) groups excluding carboxylic acids is 1. The van der Waals surface area contributed by atoms with E-state index in [1.165, 1.54) is 11.3 Å². The molecule has 1 amide bonds. The van der Waals surface area contributed by atoms with Crippen LogP contribution >= 0.6 is 22.9 Å². The summed E-state index contributed by atoms with van der Waals surface area (Å²) in [5.74, 6) is -0.200. The van der Waals surface area contributed by atoms with Gasteiger partial charge in [-0.1, -0.05) is 49.6 Å². The minimum atomic E-state index is -3.58. The van der Waals surface area contributed by atoms with Crippen LogP contribution in [0.15, 0.2) is 41.3 Å². The molecule has 3 aromatic rings. The molecule has 1 aromatic heterocycles. The predicted molar refractivity (Wildman–Crippen MR) is 153 cm³/mol. The van der Waals surface area contributed by atoms with E-state index in [1.807, 2.05) is 19.1 Å². The number of thiazole rings is 1. The van der Waals surface area contributed by atoms with Crippen molar-refractivity contribution in [1.29, 1.82) is 0 Å². The van der Waals surface area contributed by atoms with E-state index in [-0.39, 0.29) is 10.8 Å². The Bertz CT molecular complexity index is 1330. The average Bonchev–Trinajstić information content (AvgIpc) is 3.11. The SMILES string of the molecule is CCN(CC)CCN(C(=O)c1ccc(S(=O)(=O)N2CCCCCC2)cc1)c1nc2c(C)cc(Cl)cc2s1. The number of fused-ring (bicyclic) bond motifs is 1. The molecule has 1 aliphatic heterocycles. The van der Waals surface area contributed by atoms with Gasteiger partial charge in [-0.25, -0.2) is 13.4 Å². The molecule has 0 N–H and O–H groups in total. The Kier molecular flexibility index (Phi) is 9.24. The lowest BCUT2D eigenvalue weighted by Gasteiger charge is -2.25. The lowest BCUT2D eigenvalue weighted by molar-refractivity contribution is 0.0983. The van der Waals surface area contributed by atoms with Crippen molar-refractivity contribution in [1.82, 2.24) is 14.2 Å². The Balaban J connectivity index is 1.63. The zero-order chi connectivity index (χ0) is 26.6. The monoisotopic (exact) mass is 562 g/mol. The first-order valence-corrected chi connectivity index (χ1v) is 15.6. The molecule has 1 aliphatic rings. The number of sulfonamides is 1. The number of hydrogen-bond acceptors (Lipinski definition) is 6. The van der Waals surface area contributed by atoms with Crippen molar-refractivity contribution in [3.8, 4) is 0 Å². The second kappa shape index (κ2) is 12.2. The molecule has 0 unspecified atom stereocenters. The van der Waals surface area contributed by atoms with Crippen molar-refractivity contribution in [2.45, 2.75) is 51.3 Å². The van der Waals surface area contributed by atoms with Crippen molar-refractivity contribution in [3.63, 3.8) is 0 Å². The van der Waals surface area contributed by atoms with Crippen molar-refractivity contribution in [2.24, 2.45) is 0 Å². The molecular formula is C27H35ClN4O3S2. The maximum absolute atomic E-state index is 13.8. The molecule has 0 atom stereocenters. The Labute approximate surface area is 229 Å². The van der Waals surface area contributed by atoms with Crippen LogP contribution in [0.25, 0.3) is 10.2 Å². The molecule has 1 saturated heterocycles. The predicted octanol–water partition coefficient (Wildman–Crippen LogP) is 5.81. The normalized spacial score (nSPS) is 15.3.